The van der Waals surface area contributed by atoms with Crippen molar-refractivity contribution in [3.8, 4) is 0 Å². The van der Waals surface area contributed by atoms with Crippen molar-refractivity contribution in [2.24, 2.45) is 0 Å². The van der Waals surface area contributed by atoms with E-state index in [0.717, 1.165) is 11.1 Å². The summed E-state index contributed by atoms with van der Waals surface area (Å²) in [4.78, 5) is 36.1. The number of hydrogen-bond acceptors (Lipinski definition) is 5. The molecule has 1 amide bonds. The van der Waals surface area contributed by atoms with E-state index < -0.39 is 11.9 Å². The molecule has 0 saturated carbocycles. The average Bonchev–Trinajstić information content (AvgIpc) is 2.59. The molecule has 0 bridgehead atoms. The van der Waals surface area contributed by atoms with Crippen LogP contribution in [0.25, 0.3) is 0 Å². The van der Waals surface area contributed by atoms with E-state index in [0.29, 0.717) is 11.3 Å². The average molecular weight is 341 g/mol. The van der Waals surface area contributed by atoms with Gasteiger partial charge in [0.05, 0.1) is 25.3 Å². The van der Waals surface area contributed by atoms with E-state index in [-0.39, 0.29) is 17.0 Å². The van der Waals surface area contributed by atoms with Gasteiger partial charge >= 0.3 is 11.9 Å². The smallest absolute Gasteiger partial charge is 0.337 e. The molecule has 0 aliphatic carbocycles. The zero-order valence-electron chi connectivity index (χ0n) is 14.5. The third-order valence-corrected chi connectivity index (χ3v) is 3.66. The molecule has 25 heavy (non-hydrogen) atoms. The summed E-state index contributed by atoms with van der Waals surface area (Å²) in [5.41, 5.74) is 2.97. The van der Waals surface area contributed by atoms with Gasteiger partial charge < -0.3 is 14.8 Å². The van der Waals surface area contributed by atoms with Crippen LogP contribution in [0.1, 0.15) is 42.2 Å². The van der Waals surface area contributed by atoms with Crippen LogP contribution in [0.15, 0.2) is 36.4 Å². The summed E-state index contributed by atoms with van der Waals surface area (Å²) in [7, 11) is 2.47. The minimum absolute atomic E-state index is 0.140. The Kier molecular flexibility index (Phi) is 5.54. The van der Waals surface area contributed by atoms with Gasteiger partial charge in [0.2, 0.25) is 0 Å². The number of methoxy groups -OCH3 is 2. The molecule has 2 aromatic rings. The Morgan fingerprint density at radius 3 is 1.88 bits per heavy atom. The Morgan fingerprint density at radius 1 is 0.840 bits per heavy atom. The number of carbonyl (C=O) groups excluding carboxylic acids is 3. The molecule has 0 aliphatic rings. The van der Waals surface area contributed by atoms with E-state index in [9.17, 15) is 14.4 Å². The van der Waals surface area contributed by atoms with Crippen LogP contribution in [0.2, 0.25) is 0 Å². The number of hydrogen-bond donors (Lipinski definition) is 1. The largest absolute Gasteiger partial charge is 0.465 e. The highest BCUT2D eigenvalue weighted by Crippen LogP contribution is 2.19. The molecule has 0 heterocycles. The molecule has 6 nitrogen and oxygen atoms in total. The molecule has 0 radical (unpaired) electrons. The molecule has 2 aromatic carbocycles. The predicted molar refractivity (Wildman–Crippen MR) is 93.0 cm³/mol. The van der Waals surface area contributed by atoms with Crippen molar-refractivity contribution in [2.45, 2.75) is 13.8 Å². The molecular weight excluding hydrogens is 322 g/mol. The van der Waals surface area contributed by atoms with Gasteiger partial charge in [-0.3, -0.25) is 4.79 Å². The number of nitrogens with one attached hydrogen (secondary N) is 1. The molecule has 0 atom stereocenters. The summed E-state index contributed by atoms with van der Waals surface area (Å²) in [5.74, 6) is -1.57. The van der Waals surface area contributed by atoms with Crippen molar-refractivity contribution < 1.29 is 23.9 Å². The van der Waals surface area contributed by atoms with Crippen LogP contribution in [0.5, 0.6) is 0 Å². The highest BCUT2D eigenvalue weighted by atomic mass is 16.5. The van der Waals surface area contributed by atoms with E-state index in [1.165, 1.54) is 32.4 Å². The SMILES string of the molecule is COC(=O)c1cc(NC(=O)c2ccc(C)cc2C)cc(C(=O)OC)c1. The van der Waals surface area contributed by atoms with E-state index >= 15 is 0 Å². The molecule has 130 valence electrons. The Balaban J connectivity index is 2.38. The molecule has 6 heteroatoms. The first kappa shape index (κ1) is 18.2. The number of amides is 1. The van der Waals surface area contributed by atoms with Gasteiger partial charge in [0.15, 0.2) is 0 Å². The number of rotatable bonds is 4. The first-order valence-electron chi connectivity index (χ1n) is 7.56. The fourth-order valence-corrected chi connectivity index (χ4v) is 2.44. The molecule has 2 rings (SSSR count). The van der Waals surface area contributed by atoms with Crippen molar-refractivity contribution in [1.82, 2.24) is 0 Å². The van der Waals surface area contributed by atoms with Gasteiger partial charge in [-0.1, -0.05) is 17.7 Å². The quantitative estimate of drug-likeness (QED) is 0.864. The van der Waals surface area contributed by atoms with Gasteiger partial charge in [0, 0.05) is 11.3 Å². The lowest BCUT2D eigenvalue weighted by Crippen LogP contribution is -2.15. The van der Waals surface area contributed by atoms with Crippen molar-refractivity contribution in [1.29, 1.82) is 0 Å². The Bertz CT molecular complexity index is 807. The van der Waals surface area contributed by atoms with Crippen LogP contribution in [0.4, 0.5) is 5.69 Å². The van der Waals surface area contributed by atoms with Crippen LogP contribution in [0.3, 0.4) is 0 Å². The number of anilines is 1. The maximum Gasteiger partial charge on any atom is 0.337 e. The first-order chi connectivity index (χ1) is 11.8. The van der Waals surface area contributed by atoms with Crippen molar-refractivity contribution in [3.05, 3.63) is 64.2 Å². The summed E-state index contributed by atoms with van der Waals surface area (Å²) in [6, 6.07) is 9.71. The molecule has 0 aromatic heterocycles. The summed E-state index contributed by atoms with van der Waals surface area (Å²) >= 11 is 0. The fraction of sp³-hybridized carbons (Fsp3) is 0.211. The second kappa shape index (κ2) is 7.61. The predicted octanol–water partition coefficient (Wildman–Crippen LogP) is 3.13. The molecular formula is C19H19NO5. The lowest BCUT2D eigenvalue weighted by atomic mass is 10.0. The first-order valence-corrected chi connectivity index (χ1v) is 7.56. The molecule has 0 fully saturated rings. The zero-order chi connectivity index (χ0) is 18.6. The third kappa shape index (κ3) is 4.23. The summed E-state index contributed by atoms with van der Waals surface area (Å²) in [6.45, 7) is 3.78. The van der Waals surface area contributed by atoms with Crippen molar-refractivity contribution in [2.75, 3.05) is 19.5 Å². The van der Waals surface area contributed by atoms with Crippen LogP contribution < -0.4 is 5.32 Å². The zero-order valence-corrected chi connectivity index (χ0v) is 14.5. The maximum absolute atomic E-state index is 12.5. The minimum atomic E-state index is -0.618. The van der Waals surface area contributed by atoms with Gasteiger partial charge in [-0.15, -0.1) is 0 Å². The molecule has 0 spiro atoms. The summed E-state index contributed by atoms with van der Waals surface area (Å²) < 4.78 is 9.36. The molecule has 0 unspecified atom stereocenters. The standard InChI is InChI=1S/C19H19NO5/c1-11-5-6-16(12(2)7-11)17(21)20-15-9-13(18(22)24-3)8-14(10-15)19(23)25-4/h5-10H,1-4H3,(H,20,21). The Hall–Kier alpha value is -3.15. The molecule has 1 N–H and O–H groups in total. The maximum atomic E-state index is 12.5. The normalized spacial score (nSPS) is 10.1. The van der Waals surface area contributed by atoms with E-state index in [1.54, 1.807) is 6.07 Å². The molecule has 0 aliphatic heterocycles. The Morgan fingerprint density at radius 2 is 1.40 bits per heavy atom. The van der Waals surface area contributed by atoms with Crippen LogP contribution >= 0.6 is 0 Å². The van der Waals surface area contributed by atoms with Crippen molar-refractivity contribution in [3.63, 3.8) is 0 Å². The van der Waals surface area contributed by atoms with E-state index in [2.05, 4.69) is 14.8 Å². The second-order valence-electron chi connectivity index (χ2n) is 5.55. The topological polar surface area (TPSA) is 81.7 Å². The van der Waals surface area contributed by atoms with Gasteiger partial charge in [-0.25, -0.2) is 9.59 Å². The van der Waals surface area contributed by atoms with E-state index in [4.69, 9.17) is 0 Å². The van der Waals surface area contributed by atoms with Gasteiger partial charge in [-0.05, 0) is 43.7 Å². The lowest BCUT2D eigenvalue weighted by Gasteiger charge is -2.11. The van der Waals surface area contributed by atoms with Crippen LogP contribution in [0, 0.1) is 13.8 Å². The fourth-order valence-electron chi connectivity index (χ4n) is 2.44. The lowest BCUT2D eigenvalue weighted by molar-refractivity contribution is 0.0599. The van der Waals surface area contributed by atoms with Crippen LogP contribution in [-0.2, 0) is 9.47 Å². The summed E-state index contributed by atoms with van der Waals surface area (Å²) in [5, 5.41) is 2.70. The van der Waals surface area contributed by atoms with E-state index in [1.807, 2.05) is 26.0 Å². The number of esters is 2. The number of carbonyl (C=O) groups is 3. The van der Waals surface area contributed by atoms with Gasteiger partial charge in [0.25, 0.3) is 5.91 Å². The highest BCUT2D eigenvalue weighted by Gasteiger charge is 2.16. The minimum Gasteiger partial charge on any atom is -0.465 e. The van der Waals surface area contributed by atoms with Gasteiger partial charge in [0.1, 0.15) is 0 Å². The number of ether oxygens (including phenoxy) is 2. The highest BCUT2D eigenvalue weighted by molar-refractivity contribution is 6.06. The number of aryl methyl sites for hydroxylation is 2. The number of benzene rings is 2. The third-order valence-electron chi connectivity index (χ3n) is 3.66. The van der Waals surface area contributed by atoms with Crippen molar-refractivity contribution >= 4 is 23.5 Å². The Labute approximate surface area is 145 Å². The van der Waals surface area contributed by atoms with Gasteiger partial charge in [-0.2, -0.15) is 0 Å². The molecule has 0 saturated heterocycles. The van der Waals surface area contributed by atoms with Crippen LogP contribution in [-0.4, -0.2) is 32.1 Å². The monoisotopic (exact) mass is 341 g/mol. The summed E-state index contributed by atoms with van der Waals surface area (Å²) in [6.07, 6.45) is 0. The second-order valence-corrected chi connectivity index (χ2v) is 5.55.